The Morgan fingerprint density at radius 1 is 1.03 bits per heavy atom. The molecule has 0 saturated carbocycles. The SMILES string of the molecule is Cc1ccc(-c2cc(C(=O)NCCN3CCCCC3)c3cc(F)ccc3n2)cc1C. The van der Waals surface area contributed by atoms with Crippen LogP contribution in [-0.2, 0) is 0 Å². The molecule has 1 aliphatic rings. The number of likely N-dealkylation sites (tertiary alicyclic amines) is 1. The fraction of sp³-hybridized carbons (Fsp3) is 0.360. The van der Waals surface area contributed by atoms with Crippen molar-refractivity contribution in [1.29, 1.82) is 0 Å². The molecule has 1 aliphatic heterocycles. The van der Waals surface area contributed by atoms with E-state index in [1.807, 2.05) is 6.07 Å². The van der Waals surface area contributed by atoms with Crippen molar-refractivity contribution >= 4 is 16.8 Å². The summed E-state index contributed by atoms with van der Waals surface area (Å²) < 4.78 is 13.9. The zero-order valence-electron chi connectivity index (χ0n) is 17.7. The number of benzene rings is 2. The molecule has 0 aliphatic carbocycles. The minimum atomic E-state index is -0.370. The molecular weight excluding hydrogens is 377 g/mol. The first-order chi connectivity index (χ1) is 14.5. The molecule has 156 valence electrons. The fourth-order valence-corrected chi connectivity index (χ4v) is 4.04. The average molecular weight is 406 g/mol. The van der Waals surface area contributed by atoms with Crippen LogP contribution in [0.15, 0.2) is 42.5 Å². The predicted molar refractivity (Wildman–Crippen MR) is 119 cm³/mol. The predicted octanol–water partition coefficient (Wildman–Crippen LogP) is 4.87. The Hall–Kier alpha value is -2.79. The Labute approximate surface area is 177 Å². The van der Waals surface area contributed by atoms with Crippen molar-refractivity contribution in [3.8, 4) is 11.3 Å². The third-order valence-corrected chi connectivity index (χ3v) is 5.98. The zero-order valence-corrected chi connectivity index (χ0v) is 17.7. The van der Waals surface area contributed by atoms with Gasteiger partial charge in [0, 0.05) is 24.0 Å². The van der Waals surface area contributed by atoms with E-state index < -0.39 is 0 Å². The molecular formula is C25H28FN3O. The number of hydrogen-bond donors (Lipinski definition) is 1. The lowest BCUT2D eigenvalue weighted by Gasteiger charge is -2.26. The first kappa shape index (κ1) is 20.5. The molecule has 4 rings (SSSR count). The van der Waals surface area contributed by atoms with Gasteiger partial charge in [0.15, 0.2) is 0 Å². The highest BCUT2D eigenvalue weighted by Crippen LogP contribution is 2.27. The van der Waals surface area contributed by atoms with Crippen LogP contribution < -0.4 is 5.32 Å². The van der Waals surface area contributed by atoms with Gasteiger partial charge in [0.2, 0.25) is 0 Å². The second-order valence-corrected chi connectivity index (χ2v) is 8.17. The molecule has 0 radical (unpaired) electrons. The van der Waals surface area contributed by atoms with E-state index in [2.05, 4.69) is 36.2 Å². The lowest BCUT2D eigenvalue weighted by atomic mass is 10.0. The van der Waals surface area contributed by atoms with Gasteiger partial charge in [-0.05, 0) is 81.2 Å². The molecule has 1 aromatic heterocycles. The third kappa shape index (κ3) is 4.51. The Morgan fingerprint density at radius 2 is 1.83 bits per heavy atom. The van der Waals surface area contributed by atoms with Crippen LogP contribution in [0.3, 0.4) is 0 Å². The lowest BCUT2D eigenvalue weighted by Crippen LogP contribution is -2.37. The summed E-state index contributed by atoms with van der Waals surface area (Å²) in [6.45, 7) is 7.73. The molecule has 2 heterocycles. The minimum absolute atomic E-state index is 0.185. The molecule has 1 fully saturated rings. The molecule has 2 aromatic carbocycles. The number of aromatic nitrogens is 1. The van der Waals surface area contributed by atoms with Crippen LogP contribution in [0.5, 0.6) is 0 Å². The Morgan fingerprint density at radius 3 is 2.60 bits per heavy atom. The number of halogens is 1. The van der Waals surface area contributed by atoms with E-state index in [-0.39, 0.29) is 11.7 Å². The van der Waals surface area contributed by atoms with Crippen molar-refractivity contribution in [2.75, 3.05) is 26.2 Å². The molecule has 1 amide bonds. The smallest absolute Gasteiger partial charge is 0.252 e. The normalized spacial score (nSPS) is 14.8. The highest BCUT2D eigenvalue weighted by Gasteiger charge is 2.16. The van der Waals surface area contributed by atoms with Crippen LogP contribution in [0.2, 0.25) is 0 Å². The maximum atomic E-state index is 13.9. The first-order valence-corrected chi connectivity index (χ1v) is 10.7. The van der Waals surface area contributed by atoms with E-state index in [0.717, 1.165) is 30.9 Å². The van der Waals surface area contributed by atoms with Crippen LogP contribution in [0.1, 0.15) is 40.7 Å². The van der Waals surface area contributed by atoms with Gasteiger partial charge in [-0.25, -0.2) is 9.37 Å². The zero-order chi connectivity index (χ0) is 21.1. The van der Waals surface area contributed by atoms with Crippen LogP contribution in [-0.4, -0.2) is 42.0 Å². The number of fused-ring (bicyclic) bond motifs is 1. The number of carbonyl (C=O) groups is 1. The molecule has 0 bridgehead atoms. The molecule has 5 heteroatoms. The quantitative estimate of drug-likeness (QED) is 0.658. The Kier molecular flexibility index (Phi) is 6.09. The summed E-state index contributed by atoms with van der Waals surface area (Å²) in [5.41, 5.74) is 5.13. The third-order valence-electron chi connectivity index (χ3n) is 5.98. The summed E-state index contributed by atoms with van der Waals surface area (Å²) >= 11 is 0. The van der Waals surface area contributed by atoms with Gasteiger partial charge in [-0.3, -0.25) is 4.79 Å². The molecule has 0 atom stereocenters. The Balaban J connectivity index is 1.63. The molecule has 30 heavy (non-hydrogen) atoms. The maximum absolute atomic E-state index is 13.9. The molecule has 3 aromatic rings. The lowest BCUT2D eigenvalue weighted by molar-refractivity contribution is 0.0948. The molecule has 0 spiro atoms. The summed E-state index contributed by atoms with van der Waals surface area (Å²) in [5, 5.41) is 3.57. The van der Waals surface area contributed by atoms with E-state index in [0.29, 0.717) is 23.0 Å². The van der Waals surface area contributed by atoms with E-state index in [1.54, 1.807) is 12.1 Å². The van der Waals surface area contributed by atoms with Crippen molar-refractivity contribution in [3.05, 3.63) is 65.0 Å². The largest absolute Gasteiger partial charge is 0.351 e. The number of amides is 1. The fourth-order valence-electron chi connectivity index (χ4n) is 4.04. The van der Waals surface area contributed by atoms with Gasteiger partial charge < -0.3 is 10.2 Å². The van der Waals surface area contributed by atoms with Crippen molar-refractivity contribution in [1.82, 2.24) is 15.2 Å². The summed E-state index contributed by atoms with van der Waals surface area (Å²) in [4.78, 5) is 20.1. The number of pyridine rings is 1. The molecule has 1 N–H and O–H groups in total. The van der Waals surface area contributed by atoms with Gasteiger partial charge in [0.1, 0.15) is 5.82 Å². The average Bonchev–Trinajstić information content (AvgIpc) is 2.75. The molecule has 1 saturated heterocycles. The van der Waals surface area contributed by atoms with E-state index >= 15 is 0 Å². The monoisotopic (exact) mass is 405 g/mol. The second-order valence-electron chi connectivity index (χ2n) is 8.17. The van der Waals surface area contributed by atoms with E-state index in [4.69, 9.17) is 4.98 Å². The van der Waals surface area contributed by atoms with Crippen molar-refractivity contribution in [2.24, 2.45) is 0 Å². The summed E-state index contributed by atoms with van der Waals surface area (Å²) in [6, 6.07) is 12.3. The summed E-state index contributed by atoms with van der Waals surface area (Å²) in [6.07, 6.45) is 3.74. The van der Waals surface area contributed by atoms with Crippen molar-refractivity contribution in [3.63, 3.8) is 0 Å². The minimum Gasteiger partial charge on any atom is -0.351 e. The summed E-state index contributed by atoms with van der Waals surface area (Å²) in [5.74, 6) is -0.555. The number of aryl methyl sites for hydroxylation is 2. The topological polar surface area (TPSA) is 45.2 Å². The highest BCUT2D eigenvalue weighted by molar-refractivity contribution is 6.07. The van der Waals surface area contributed by atoms with Gasteiger partial charge in [-0.1, -0.05) is 18.6 Å². The number of nitrogens with zero attached hydrogens (tertiary/aromatic N) is 2. The maximum Gasteiger partial charge on any atom is 0.252 e. The van der Waals surface area contributed by atoms with Gasteiger partial charge in [0.25, 0.3) is 5.91 Å². The Bertz CT molecular complexity index is 1070. The molecule has 4 nitrogen and oxygen atoms in total. The van der Waals surface area contributed by atoms with Gasteiger partial charge in [-0.2, -0.15) is 0 Å². The van der Waals surface area contributed by atoms with Gasteiger partial charge >= 0.3 is 0 Å². The highest BCUT2D eigenvalue weighted by atomic mass is 19.1. The molecule has 0 unspecified atom stereocenters. The van der Waals surface area contributed by atoms with Gasteiger partial charge in [-0.15, -0.1) is 0 Å². The second kappa shape index (κ2) is 8.92. The first-order valence-electron chi connectivity index (χ1n) is 10.7. The van der Waals surface area contributed by atoms with Crippen molar-refractivity contribution < 1.29 is 9.18 Å². The van der Waals surface area contributed by atoms with Crippen molar-refractivity contribution in [2.45, 2.75) is 33.1 Å². The van der Waals surface area contributed by atoms with E-state index in [9.17, 15) is 9.18 Å². The number of carbonyl (C=O) groups excluding carboxylic acids is 1. The number of nitrogens with one attached hydrogen (secondary N) is 1. The number of piperidine rings is 1. The van der Waals surface area contributed by atoms with Crippen LogP contribution in [0.25, 0.3) is 22.2 Å². The van der Waals surface area contributed by atoms with E-state index in [1.165, 1.54) is 42.5 Å². The number of rotatable bonds is 5. The summed E-state index contributed by atoms with van der Waals surface area (Å²) in [7, 11) is 0. The van der Waals surface area contributed by atoms with Crippen LogP contribution in [0.4, 0.5) is 4.39 Å². The standard InChI is InChI=1S/C25H28FN3O/c1-17-6-7-19(14-18(17)2)24-16-22(21-15-20(26)8-9-23(21)28-24)25(30)27-10-13-29-11-4-3-5-12-29/h6-9,14-16H,3-5,10-13H2,1-2H3,(H,27,30). The van der Waals surface area contributed by atoms with Crippen LogP contribution >= 0.6 is 0 Å². The number of hydrogen-bond acceptors (Lipinski definition) is 3. The van der Waals surface area contributed by atoms with Gasteiger partial charge in [0.05, 0.1) is 16.8 Å². The van der Waals surface area contributed by atoms with Crippen LogP contribution in [0, 0.1) is 19.7 Å².